The first kappa shape index (κ1) is 14.7. The number of nitrogens with zero attached hydrogens (tertiary/aromatic N) is 1. The number of para-hydroxylation sites is 1. The Morgan fingerprint density at radius 3 is 2.33 bits per heavy atom. The van der Waals surface area contributed by atoms with Crippen LogP contribution in [0.1, 0.15) is 18.1 Å². The number of rotatable bonds is 3. The topological polar surface area (TPSA) is 28.7 Å². The molecule has 3 aromatic carbocycles. The minimum absolute atomic E-state index is 0.924. The molecule has 0 saturated carbocycles. The highest BCUT2D eigenvalue weighted by Crippen LogP contribution is 2.27. The second-order valence-corrected chi connectivity index (χ2v) is 6.19. The van der Waals surface area contributed by atoms with Crippen molar-refractivity contribution in [2.24, 2.45) is 0 Å². The number of aromatic nitrogens is 2. The lowest BCUT2D eigenvalue weighted by atomic mass is 10.0. The van der Waals surface area contributed by atoms with Crippen LogP contribution >= 0.6 is 0 Å². The summed E-state index contributed by atoms with van der Waals surface area (Å²) in [4.78, 5) is 8.24. The molecule has 1 heterocycles. The molecular formula is C22H20N2. The van der Waals surface area contributed by atoms with Crippen LogP contribution in [0.15, 0.2) is 66.7 Å². The lowest BCUT2D eigenvalue weighted by Gasteiger charge is -2.06. The quantitative estimate of drug-likeness (QED) is 0.511. The third-order valence-electron chi connectivity index (χ3n) is 4.52. The molecule has 0 unspecified atom stereocenters. The number of H-pyrrole nitrogens is 1. The Morgan fingerprint density at radius 2 is 1.54 bits per heavy atom. The zero-order valence-corrected chi connectivity index (χ0v) is 14.0. The summed E-state index contributed by atoms with van der Waals surface area (Å²) < 4.78 is 0. The van der Waals surface area contributed by atoms with Gasteiger partial charge in [0.1, 0.15) is 5.82 Å². The largest absolute Gasteiger partial charge is 0.338 e. The molecule has 0 saturated heterocycles. The first-order valence-corrected chi connectivity index (χ1v) is 8.39. The summed E-state index contributed by atoms with van der Waals surface area (Å²) in [5.41, 5.74) is 8.28. The Balaban J connectivity index is 1.80. The monoisotopic (exact) mass is 312 g/mol. The van der Waals surface area contributed by atoms with Crippen molar-refractivity contribution in [3.05, 3.63) is 77.9 Å². The van der Waals surface area contributed by atoms with Gasteiger partial charge < -0.3 is 4.98 Å². The minimum Gasteiger partial charge on any atom is -0.338 e. The first-order chi connectivity index (χ1) is 11.7. The molecular weight excluding hydrogens is 292 g/mol. The molecule has 4 aromatic rings. The van der Waals surface area contributed by atoms with E-state index >= 15 is 0 Å². The molecule has 0 spiro atoms. The van der Waals surface area contributed by atoms with E-state index in [1.807, 2.05) is 0 Å². The average molecular weight is 312 g/mol. The molecule has 118 valence electrons. The Bertz CT molecular complexity index is 1010. The van der Waals surface area contributed by atoms with Crippen LogP contribution in [0.5, 0.6) is 0 Å². The highest BCUT2D eigenvalue weighted by atomic mass is 14.9. The van der Waals surface area contributed by atoms with Gasteiger partial charge in [0.25, 0.3) is 0 Å². The van der Waals surface area contributed by atoms with E-state index in [4.69, 9.17) is 4.98 Å². The van der Waals surface area contributed by atoms with Gasteiger partial charge >= 0.3 is 0 Å². The van der Waals surface area contributed by atoms with Crippen molar-refractivity contribution in [1.29, 1.82) is 0 Å². The van der Waals surface area contributed by atoms with Gasteiger partial charge in [0, 0.05) is 5.56 Å². The number of nitrogens with one attached hydrogen (secondary N) is 1. The summed E-state index contributed by atoms with van der Waals surface area (Å²) >= 11 is 0. The number of aromatic amines is 1. The second kappa shape index (κ2) is 5.97. The van der Waals surface area contributed by atoms with Crippen LogP contribution in [0, 0.1) is 6.92 Å². The van der Waals surface area contributed by atoms with Gasteiger partial charge in [0.15, 0.2) is 0 Å². The van der Waals surface area contributed by atoms with Crippen molar-refractivity contribution >= 4 is 11.0 Å². The fraction of sp³-hybridized carbons (Fsp3) is 0.136. The van der Waals surface area contributed by atoms with Gasteiger partial charge in [-0.25, -0.2) is 4.98 Å². The fourth-order valence-electron chi connectivity index (χ4n) is 3.13. The van der Waals surface area contributed by atoms with E-state index in [1.165, 1.54) is 22.3 Å². The predicted octanol–water partition coefficient (Wildman–Crippen LogP) is 5.77. The molecule has 1 N–H and O–H groups in total. The predicted molar refractivity (Wildman–Crippen MR) is 101 cm³/mol. The summed E-state index contributed by atoms with van der Waals surface area (Å²) in [6.45, 7) is 4.28. The van der Waals surface area contributed by atoms with Gasteiger partial charge in [-0.2, -0.15) is 0 Å². The van der Waals surface area contributed by atoms with Gasteiger partial charge in [-0.15, -0.1) is 0 Å². The van der Waals surface area contributed by atoms with E-state index in [1.54, 1.807) is 0 Å². The summed E-state index contributed by atoms with van der Waals surface area (Å²) in [5, 5.41) is 0. The van der Waals surface area contributed by atoms with Crippen molar-refractivity contribution in [3.8, 4) is 22.5 Å². The molecule has 0 fully saturated rings. The molecule has 0 aliphatic heterocycles. The van der Waals surface area contributed by atoms with Crippen molar-refractivity contribution in [1.82, 2.24) is 9.97 Å². The van der Waals surface area contributed by atoms with E-state index in [-0.39, 0.29) is 0 Å². The van der Waals surface area contributed by atoms with Gasteiger partial charge in [-0.05, 0) is 47.7 Å². The fourth-order valence-corrected chi connectivity index (χ4v) is 3.13. The second-order valence-electron chi connectivity index (χ2n) is 6.19. The van der Waals surface area contributed by atoms with Crippen LogP contribution in [0.4, 0.5) is 0 Å². The summed E-state index contributed by atoms with van der Waals surface area (Å²) in [6.07, 6.45) is 1.05. The Kier molecular flexibility index (Phi) is 3.66. The van der Waals surface area contributed by atoms with Crippen LogP contribution in [0.25, 0.3) is 33.5 Å². The summed E-state index contributed by atoms with van der Waals surface area (Å²) in [7, 11) is 0. The maximum Gasteiger partial charge on any atom is 0.138 e. The first-order valence-electron chi connectivity index (χ1n) is 8.39. The zero-order chi connectivity index (χ0) is 16.5. The van der Waals surface area contributed by atoms with Crippen molar-refractivity contribution in [2.45, 2.75) is 20.3 Å². The molecule has 24 heavy (non-hydrogen) atoms. The van der Waals surface area contributed by atoms with Crippen LogP contribution in [-0.4, -0.2) is 9.97 Å². The van der Waals surface area contributed by atoms with Crippen LogP contribution < -0.4 is 0 Å². The van der Waals surface area contributed by atoms with Gasteiger partial charge in [0.2, 0.25) is 0 Å². The summed E-state index contributed by atoms with van der Waals surface area (Å²) in [6, 6.07) is 23.6. The molecule has 2 nitrogen and oxygen atoms in total. The van der Waals surface area contributed by atoms with E-state index in [0.29, 0.717) is 0 Å². The average Bonchev–Trinajstić information content (AvgIpc) is 3.08. The molecule has 0 bridgehead atoms. The molecule has 4 rings (SSSR count). The molecule has 0 radical (unpaired) electrons. The molecule has 1 aromatic heterocycles. The van der Waals surface area contributed by atoms with Gasteiger partial charge in [-0.3, -0.25) is 0 Å². The number of hydrogen-bond acceptors (Lipinski definition) is 1. The van der Waals surface area contributed by atoms with Crippen LogP contribution in [0.3, 0.4) is 0 Å². The Morgan fingerprint density at radius 1 is 0.833 bits per heavy atom. The van der Waals surface area contributed by atoms with Crippen LogP contribution in [-0.2, 0) is 6.42 Å². The lowest BCUT2D eigenvalue weighted by molar-refractivity contribution is 1.14. The van der Waals surface area contributed by atoms with E-state index < -0.39 is 0 Å². The smallest absolute Gasteiger partial charge is 0.138 e. The highest BCUT2D eigenvalue weighted by Gasteiger charge is 2.08. The molecule has 0 atom stereocenters. The number of imidazole rings is 1. The normalized spacial score (nSPS) is 11.1. The number of aryl methyl sites for hydroxylation is 2. The number of hydrogen-bond donors (Lipinski definition) is 1. The van der Waals surface area contributed by atoms with Gasteiger partial charge in [-0.1, -0.05) is 61.5 Å². The van der Waals surface area contributed by atoms with Gasteiger partial charge in [0.05, 0.1) is 11.0 Å². The maximum atomic E-state index is 4.80. The number of benzene rings is 3. The van der Waals surface area contributed by atoms with E-state index in [9.17, 15) is 0 Å². The standard InChI is InChI=1S/C22H20N2/c1-3-16-8-5-9-17(13-16)18-10-6-11-19(14-18)22-23-20-12-4-7-15(2)21(20)24-22/h4-14H,3H2,1-2H3,(H,23,24). The molecule has 0 amide bonds. The Hall–Kier alpha value is -2.87. The van der Waals surface area contributed by atoms with E-state index in [2.05, 4.69) is 85.6 Å². The summed E-state index contributed by atoms with van der Waals surface area (Å²) in [5.74, 6) is 0.924. The van der Waals surface area contributed by atoms with Crippen molar-refractivity contribution in [2.75, 3.05) is 0 Å². The molecule has 0 aliphatic carbocycles. The maximum absolute atomic E-state index is 4.80. The molecule has 0 aliphatic rings. The third kappa shape index (κ3) is 2.61. The van der Waals surface area contributed by atoms with Crippen molar-refractivity contribution in [3.63, 3.8) is 0 Å². The van der Waals surface area contributed by atoms with Crippen molar-refractivity contribution < 1.29 is 0 Å². The Labute approximate surface area is 142 Å². The lowest BCUT2D eigenvalue weighted by Crippen LogP contribution is -1.85. The highest BCUT2D eigenvalue weighted by molar-refractivity contribution is 5.83. The third-order valence-corrected chi connectivity index (χ3v) is 4.52. The molecule has 2 heteroatoms. The number of fused-ring (bicyclic) bond motifs is 1. The zero-order valence-electron chi connectivity index (χ0n) is 14.0. The van der Waals surface area contributed by atoms with E-state index in [0.717, 1.165) is 28.8 Å². The van der Waals surface area contributed by atoms with Crippen LogP contribution in [0.2, 0.25) is 0 Å². The SMILES string of the molecule is CCc1cccc(-c2cccc(-c3nc4c(C)cccc4[nH]3)c2)c1. The minimum atomic E-state index is 0.924.